The van der Waals surface area contributed by atoms with Gasteiger partial charge in [-0.3, -0.25) is 14.5 Å². The minimum Gasteiger partial charge on any atom is -0.462 e. The number of anilines is 1. The summed E-state index contributed by atoms with van der Waals surface area (Å²) in [6.45, 7) is 2.06. The smallest absolute Gasteiger partial charge is 0.338 e. The van der Waals surface area contributed by atoms with Crippen LogP contribution in [0.4, 0.5) is 5.69 Å². The molecule has 1 aromatic rings. The molecule has 5 nitrogen and oxygen atoms in total. The van der Waals surface area contributed by atoms with Crippen LogP contribution in [0.5, 0.6) is 0 Å². The van der Waals surface area contributed by atoms with Gasteiger partial charge in [0.1, 0.15) is 0 Å². The normalized spacial score (nSPS) is 37.1. The van der Waals surface area contributed by atoms with Gasteiger partial charge < -0.3 is 4.74 Å². The van der Waals surface area contributed by atoms with E-state index < -0.39 is 5.97 Å². The van der Waals surface area contributed by atoms with Gasteiger partial charge in [-0.2, -0.15) is 0 Å². The topological polar surface area (TPSA) is 63.7 Å². The number of benzene rings is 1. The summed E-state index contributed by atoms with van der Waals surface area (Å²) >= 11 is 0. The van der Waals surface area contributed by atoms with Crippen LogP contribution in [-0.2, 0) is 14.3 Å². The number of amides is 2. The molecule has 0 radical (unpaired) electrons. The number of esters is 1. The molecule has 1 heterocycles. The molecule has 1 aromatic carbocycles. The van der Waals surface area contributed by atoms with Crippen LogP contribution in [-0.4, -0.2) is 24.4 Å². The van der Waals surface area contributed by atoms with Crippen LogP contribution in [0.25, 0.3) is 0 Å². The van der Waals surface area contributed by atoms with E-state index in [1.54, 1.807) is 31.2 Å². The van der Waals surface area contributed by atoms with E-state index in [-0.39, 0.29) is 35.5 Å². The Kier molecular flexibility index (Phi) is 3.00. The molecule has 2 saturated carbocycles. The van der Waals surface area contributed by atoms with Gasteiger partial charge in [0.05, 0.1) is 29.7 Å². The molecule has 0 spiro atoms. The third-order valence-corrected chi connectivity index (χ3v) is 6.30. The summed E-state index contributed by atoms with van der Waals surface area (Å²) in [7, 11) is 0. The van der Waals surface area contributed by atoms with E-state index >= 15 is 0 Å². The molecule has 6 atom stereocenters. The Morgan fingerprint density at radius 1 is 1.04 bits per heavy atom. The van der Waals surface area contributed by atoms with Crippen molar-refractivity contribution in [1.29, 1.82) is 0 Å². The second-order valence-electron chi connectivity index (χ2n) is 7.43. The molecular formula is C20H19NO4. The number of ether oxygens (including phenoxy) is 1. The van der Waals surface area contributed by atoms with Crippen LogP contribution in [0.1, 0.15) is 23.7 Å². The van der Waals surface area contributed by atoms with E-state index in [1.165, 1.54) is 4.90 Å². The summed E-state index contributed by atoms with van der Waals surface area (Å²) < 4.78 is 4.97. The first-order valence-electron chi connectivity index (χ1n) is 8.95. The van der Waals surface area contributed by atoms with Gasteiger partial charge in [0.25, 0.3) is 0 Å². The Morgan fingerprint density at radius 3 is 2.12 bits per heavy atom. The molecule has 1 aliphatic heterocycles. The fourth-order valence-corrected chi connectivity index (χ4v) is 5.17. The molecule has 5 heteroatoms. The molecule has 2 bridgehead atoms. The largest absolute Gasteiger partial charge is 0.462 e. The van der Waals surface area contributed by atoms with E-state index in [4.69, 9.17) is 4.74 Å². The van der Waals surface area contributed by atoms with E-state index in [1.807, 2.05) is 0 Å². The van der Waals surface area contributed by atoms with Gasteiger partial charge in [-0.05, 0) is 61.3 Å². The minimum absolute atomic E-state index is 0.0800. The average molecular weight is 337 g/mol. The number of rotatable bonds is 3. The quantitative estimate of drug-likeness (QED) is 0.483. The zero-order chi connectivity index (χ0) is 17.3. The number of carbonyl (C=O) groups is 3. The number of nitrogens with zero attached hydrogens (tertiary/aromatic N) is 1. The van der Waals surface area contributed by atoms with Gasteiger partial charge in [-0.25, -0.2) is 4.79 Å². The predicted molar refractivity (Wildman–Crippen MR) is 89.6 cm³/mol. The molecule has 128 valence electrons. The van der Waals surface area contributed by atoms with Gasteiger partial charge in [-0.15, -0.1) is 0 Å². The molecule has 25 heavy (non-hydrogen) atoms. The average Bonchev–Trinajstić information content (AvgIpc) is 3.40. The molecule has 5 aliphatic rings. The summed E-state index contributed by atoms with van der Waals surface area (Å²) in [4.78, 5) is 39.1. The molecule has 2 amide bonds. The Bertz CT molecular complexity index is 775. The minimum atomic E-state index is -0.399. The molecule has 0 aromatic heterocycles. The molecule has 0 N–H and O–H groups in total. The van der Waals surface area contributed by atoms with Crippen molar-refractivity contribution in [2.75, 3.05) is 11.5 Å². The maximum absolute atomic E-state index is 13.0. The summed E-state index contributed by atoms with van der Waals surface area (Å²) in [6, 6.07) is 6.55. The first-order valence-corrected chi connectivity index (χ1v) is 8.95. The standard InChI is InChI=1S/C20H19NO4/c1-2-25-20(24)10-3-5-11(6-4-10)21-18(22)16-12-7-8-13(15-9-14(12)15)17(16)19(21)23/h3-8,12-17H,2,9H2,1H3/t12-,13-,14-,15-,16+,17+/m0/s1. The van der Waals surface area contributed by atoms with E-state index in [9.17, 15) is 14.4 Å². The number of allylic oxidation sites excluding steroid dienone is 2. The lowest BCUT2D eigenvalue weighted by atomic mass is 9.63. The lowest BCUT2D eigenvalue weighted by Gasteiger charge is -2.37. The van der Waals surface area contributed by atoms with Gasteiger partial charge >= 0.3 is 5.97 Å². The molecular weight excluding hydrogens is 318 g/mol. The van der Waals surface area contributed by atoms with Crippen LogP contribution in [0, 0.1) is 35.5 Å². The Morgan fingerprint density at radius 2 is 1.60 bits per heavy atom. The Hall–Kier alpha value is -2.43. The zero-order valence-corrected chi connectivity index (χ0v) is 13.9. The maximum atomic E-state index is 13.0. The predicted octanol–water partition coefficient (Wildman–Crippen LogP) is 2.42. The number of carbonyl (C=O) groups excluding carboxylic acids is 3. The summed E-state index contributed by atoms with van der Waals surface area (Å²) in [5.41, 5.74) is 0.968. The third kappa shape index (κ3) is 1.92. The van der Waals surface area contributed by atoms with Crippen LogP contribution in [0.15, 0.2) is 36.4 Å². The van der Waals surface area contributed by atoms with Gasteiger partial charge in [-0.1, -0.05) is 12.2 Å². The van der Waals surface area contributed by atoms with E-state index in [0.29, 0.717) is 29.7 Å². The first kappa shape index (κ1) is 14.9. The van der Waals surface area contributed by atoms with Crippen LogP contribution >= 0.6 is 0 Å². The van der Waals surface area contributed by atoms with Crippen molar-refractivity contribution in [2.45, 2.75) is 13.3 Å². The highest BCUT2D eigenvalue weighted by molar-refractivity contribution is 6.22. The fourth-order valence-electron chi connectivity index (χ4n) is 5.17. The first-order chi connectivity index (χ1) is 12.1. The second-order valence-corrected chi connectivity index (χ2v) is 7.43. The van der Waals surface area contributed by atoms with E-state index in [2.05, 4.69) is 12.2 Å². The van der Waals surface area contributed by atoms with Crippen molar-refractivity contribution < 1.29 is 19.1 Å². The number of imide groups is 1. The Balaban J connectivity index is 1.45. The SMILES string of the molecule is CCOC(=O)c1ccc(N2C(=O)[C@@H]3[C@H]4C=C[C@@H]([C@@H]5C[C@@H]45)[C@H]3C2=O)cc1. The molecule has 1 saturated heterocycles. The third-order valence-electron chi connectivity index (χ3n) is 6.30. The molecule has 6 rings (SSSR count). The summed E-state index contributed by atoms with van der Waals surface area (Å²) in [5.74, 6) is 0.682. The van der Waals surface area contributed by atoms with Crippen molar-refractivity contribution in [3.63, 3.8) is 0 Å². The van der Waals surface area contributed by atoms with Crippen LogP contribution < -0.4 is 4.90 Å². The molecule has 3 fully saturated rings. The molecule has 0 unspecified atom stereocenters. The van der Waals surface area contributed by atoms with Gasteiger partial charge in [0.2, 0.25) is 11.8 Å². The highest BCUT2D eigenvalue weighted by Crippen LogP contribution is 2.65. The summed E-state index contributed by atoms with van der Waals surface area (Å²) in [5, 5.41) is 0. The van der Waals surface area contributed by atoms with Crippen LogP contribution in [0.2, 0.25) is 0 Å². The highest BCUT2D eigenvalue weighted by Gasteiger charge is 2.67. The van der Waals surface area contributed by atoms with Crippen molar-refractivity contribution in [3.8, 4) is 0 Å². The van der Waals surface area contributed by atoms with Crippen molar-refractivity contribution in [2.24, 2.45) is 35.5 Å². The number of hydrogen-bond acceptors (Lipinski definition) is 4. The molecule has 4 aliphatic carbocycles. The highest BCUT2D eigenvalue weighted by atomic mass is 16.5. The lowest BCUT2D eigenvalue weighted by molar-refractivity contribution is -0.124. The van der Waals surface area contributed by atoms with Crippen molar-refractivity contribution >= 4 is 23.5 Å². The monoisotopic (exact) mass is 337 g/mol. The fraction of sp³-hybridized carbons (Fsp3) is 0.450. The zero-order valence-electron chi connectivity index (χ0n) is 13.9. The maximum Gasteiger partial charge on any atom is 0.338 e. The number of hydrogen-bond donors (Lipinski definition) is 0. The second kappa shape index (κ2) is 5.04. The van der Waals surface area contributed by atoms with Gasteiger partial charge in [0.15, 0.2) is 0 Å². The van der Waals surface area contributed by atoms with Crippen molar-refractivity contribution in [1.82, 2.24) is 0 Å². The Labute approximate surface area is 145 Å². The lowest BCUT2D eigenvalue weighted by Crippen LogP contribution is -2.40. The van der Waals surface area contributed by atoms with Crippen molar-refractivity contribution in [3.05, 3.63) is 42.0 Å². The van der Waals surface area contributed by atoms with Gasteiger partial charge in [0, 0.05) is 0 Å². The summed E-state index contributed by atoms with van der Waals surface area (Å²) in [6.07, 6.45) is 5.49. The van der Waals surface area contributed by atoms with Crippen LogP contribution in [0.3, 0.4) is 0 Å². The van der Waals surface area contributed by atoms with E-state index in [0.717, 1.165) is 6.42 Å².